The van der Waals surface area contributed by atoms with Gasteiger partial charge in [-0.25, -0.2) is 0 Å². The summed E-state index contributed by atoms with van der Waals surface area (Å²) in [5.74, 6) is 0. The number of aliphatic hydroxyl groups is 1. The van der Waals surface area contributed by atoms with Crippen LogP contribution in [0.4, 0.5) is 0 Å². The minimum atomic E-state index is -0.848. The second-order valence-electron chi connectivity index (χ2n) is 6.03. The highest BCUT2D eigenvalue weighted by molar-refractivity contribution is 5.14. The lowest BCUT2D eigenvalue weighted by atomic mass is 10.1. The summed E-state index contributed by atoms with van der Waals surface area (Å²) in [6.45, 7) is 1.21. The van der Waals surface area contributed by atoms with E-state index < -0.39 is 18.5 Å². The SMILES string of the molecule is CO[C@@H]1O[C@H](COCc2ccccc2)[C@H](OCc2ccccc2)C1O. The van der Waals surface area contributed by atoms with E-state index in [1.54, 1.807) is 0 Å². The number of benzene rings is 2. The fourth-order valence-corrected chi connectivity index (χ4v) is 2.87. The van der Waals surface area contributed by atoms with Gasteiger partial charge in [-0.15, -0.1) is 0 Å². The van der Waals surface area contributed by atoms with Crippen LogP contribution < -0.4 is 0 Å². The Bertz CT molecular complexity index is 618. The number of hydrogen-bond donors (Lipinski definition) is 1. The molecule has 0 aromatic heterocycles. The minimum absolute atomic E-state index is 0.325. The van der Waals surface area contributed by atoms with Crippen LogP contribution in [0.15, 0.2) is 60.7 Å². The average molecular weight is 344 g/mol. The molecule has 2 aromatic rings. The van der Waals surface area contributed by atoms with E-state index in [1.807, 2.05) is 60.7 Å². The molecular formula is C20H24O5. The smallest absolute Gasteiger partial charge is 0.186 e. The molecule has 1 aliphatic rings. The van der Waals surface area contributed by atoms with Crippen LogP contribution in [0.5, 0.6) is 0 Å². The molecule has 0 saturated carbocycles. The van der Waals surface area contributed by atoms with E-state index in [4.69, 9.17) is 18.9 Å². The van der Waals surface area contributed by atoms with Gasteiger partial charge in [-0.05, 0) is 11.1 Å². The molecule has 5 nitrogen and oxygen atoms in total. The molecular weight excluding hydrogens is 320 g/mol. The topological polar surface area (TPSA) is 57.2 Å². The Kier molecular flexibility index (Phi) is 6.55. The van der Waals surface area contributed by atoms with Gasteiger partial charge in [-0.2, -0.15) is 0 Å². The van der Waals surface area contributed by atoms with Gasteiger partial charge in [-0.1, -0.05) is 60.7 Å². The molecule has 1 unspecified atom stereocenters. The molecule has 0 amide bonds. The van der Waals surface area contributed by atoms with E-state index >= 15 is 0 Å². The summed E-state index contributed by atoms with van der Waals surface area (Å²) in [6.07, 6.45) is -2.43. The van der Waals surface area contributed by atoms with Crippen molar-refractivity contribution < 1.29 is 24.1 Å². The van der Waals surface area contributed by atoms with Crippen molar-refractivity contribution in [3.8, 4) is 0 Å². The summed E-state index contributed by atoms with van der Waals surface area (Å²) < 4.78 is 22.6. The first-order chi connectivity index (χ1) is 12.3. The van der Waals surface area contributed by atoms with Crippen molar-refractivity contribution in [1.82, 2.24) is 0 Å². The zero-order chi connectivity index (χ0) is 17.5. The van der Waals surface area contributed by atoms with E-state index in [0.29, 0.717) is 19.8 Å². The zero-order valence-corrected chi connectivity index (χ0v) is 14.3. The summed E-state index contributed by atoms with van der Waals surface area (Å²) in [5.41, 5.74) is 2.13. The van der Waals surface area contributed by atoms with E-state index in [2.05, 4.69) is 0 Å². The maximum Gasteiger partial charge on any atom is 0.186 e. The van der Waals surface area contributed by atoms with Crippen molar-refractivity contribution in [1.29, 1.82) is 0 Å². The number of methoxy groups -OCH3 is 1. The summed E-state index contributed by atoms with van der Waals surface area (Å²) in [6, 6.07) is 19.8. The Morgan fingerprint density at radius 1 is 0.920 bits per heavy atom. The first-order valence-corrected chi connectivity index (χ1v) is 8.41. The highest BCUT2D eigenvalue weighted by Gasteiger charge is 2.44. The normalized spacial score (nSPS) is 26.0. The van der Waals surface area contributed by atoms with Crippen LogP contribution in [0.3, 0.4) is 0 Å². The Labute approximate surface area is 148 Å². The summed E-state index contributed by atoms with van der Waals surface area (Å²) in [5, 5.41) is 10.4. The quantitative estimate of drug-likeness (QED) is 0.797. The van der Waals surface area contributed by atoms with Crippen LogP contribution in [0.1, 0.15) is 11.1 Å². The van der Waals surface area contributed by atoms with Crippen molar-refractivity contribution in [2.24, 2.45) is 0 Å². The molecule has 5 heteroatoms. The lowest BCUT2D eigenvalue weighted by Crippen LogP contribution is -2.37. The third-order valence-electron chi connectivity index (χ3n) is 4.20. The second kappa shape index (κ2) is 9.08. The van der Waals surface area contributed by atoms with Gasteiger partial charge < -0.3 is 24.1 Å². The lowest BCUT2D eigenvalue weighted by molar-refractivity contribution is -0.156. The molecule has 0 spiro atoms. The molecule has 1 fully saturated rings. The predicted molar refractivity (Wildman–Crippen MR) is 92.8 cm³/mol. The molecule has 0 radical (unpaired) electrons. The fraction of sp³-hybridized carbons (Fsp3) is 0.400. The van der Waals surface area contributed by atoms with Gasteiger partial charge in [0.2, 0.25) is 0 Å². The third-order valence-corrected chi connectivity index (χ3v) is 4.20. The standard InChI is InChI=1S/C20H24O5/c1-22-20-18(21)19(24-13-16-10-6-3-7-11-16)17(25-20)14-23-12-15-8-4-2-5-9-15/h2-11,17-21H,12-14H2,1H3/t17-,18?,19+,20-/m1/s1. The van der Waals surface area contributed by atoms with Gasteiger partial charge in [0, 0.05) is 7.11 Å². The Hall–Kier alpha value is -1.76. The van der Waals surface area contributed by atoms with E-state index in [1.165, 1.54) is 7.11 Å². The third kappa shape index (κ3) is 4.87. The van der Waals surface area contributed by atoms with Crippen LogP contribution in [0, 0.1) is 0 Å². The van der Waals surface area contributed by atoms with E-state index in [9.17, 15) is 5.11 Å². The molecule has 0 aliphatic carbocycles. The summed E-state index contributed by atoms with van der Waals surface area (Å²) in [4.78, 5) is 0. The lowest BCUT2D eigenvalue weighted by Gasteiger charge is -2.20. The molecule has 1 heterocycles. The van der Waals surface area contributed by atoms with Gasteiger partial charge in [0.05, 0.1) is 19.8 Å². The summed E-state index contributed by atoms with van der Waals surface area (Å²) in [7, 11) is 1.51. The van der Waals surface area contributed by atoms with Gasteiger partial charge in [-0.3, -0.25) is 0 Å². The molecule has 0 bridgehead atoms. The van der Waals surface area contributed by atoms with Gasteiger partial charge in [0.1, 0.15) is 18.3 Å². The number of hydrogen-bond acceptors (Lipinski definition) is 5. The van der Waals surface area contributed by atoms with Crippen molar-refractivity contribution >= 4 is 0 Å². The highest BCUT2D eigenvalue weighted by Crippen LogP contribution is 2.26. The van der Waals surface area contributed by atoms with Crippen LogP contribution in [0.25, 0.3) is 0 Å². The highest BCUT2D eigenvalue weighted by atomic mass is 16.7. The minimum Gasteiger partial charge on any atom is -0.385 e. The monoisotopic (exact) mass is 344 g/mol. The molecule has 1 aliphatic heterocycles. The zero-order valence-electron chi connectivity index (χ0n) is 14.3. The maximum atomic E-state index is 10.4. The predicted octanol–water partition coefficient (Wildman–Crippen LogP) is 2.52. The van der Waals surface area contributed by atoms with Gasteiger partial charge >= 0.3 is 0 Å². The number of ether oxygens (including phenoxy) is 4. The molecule has 2 aromatic carbocycles. The van der Waals surface area contributed by atoms with Crippen LogP contribution in [-0.4, -0.2) is 43.4 Å². The molecule has 4 atom stereocenters. The Morgan fingerprint density at radius 3 is 2.12 bits per heavy atom. The van der Waals surface area contributed by atoms with E-state index in [0.717, 1.165) is 11.1 Å². The van der Waals surface area contributed by atoms with Crippen molar-refractivity contribution in [2.45, 2.75) is 37.8 Å². The Balaban J connectivity index is 1.55. The second-order valence-corrected chi connectivity index (χ2v) is 6.03. The first kappa shape index (κ1) is 18.0. The molecule has 1 saturated heterocycles. The van der Waals surface area contributed by atoms with Crippen LogP contribution >= 0.6 is 0 Å². The van der Waals surface area contributed by atoms with Crippen molar-refractivity contribution in [3.63, 3.8) is 0 Å². The molecule has 134 valence electrons. The van der Waals surface area contributed by atoms with Gasteiger partial charge in [0.15, 0.2) is 6.29 Å². The van der Waals surface area contributed by atoms with Gasteiger partial charge in [0.25, 0.3) is 0 Å². The fourth-order valence-electron chi connectivity index (χ4n) is 2.87. The maximum absolute atomic E-state index is 10.4. The van der Waals surface area contributed by atoms with Crippen LogP contribution in [0.2, 0.25) is 0 Å². The van der Waals surface area contributed by atoms with Crippen molar-refractivity contribution in [2.75, 3.05) is 13.7 Å². The van der Waals surface area contributed by atoms with Crippen molar-refractivity contribution in [3.05, 3.63) is 71.8 Å². The number of rotatable bonds is 8. The van der Waals surface area contributed by atoms with Crippen LogP contribution in [-0.2, 0) is 32.2 Å². The first-order valence-electron chi connectivity index (χ1n) is 8.41. The Morgan fingerprint density at radius 2 is 1.52 bits per heavy atom. The molecule has 3 rings (SSSR count). The number of aliphatic hydroxyl groups excluding tert-OH is 1. The molecule has 25 heavy (non-hydrogen) atoms. The molecule has 1 N–H and O–H groups in total. The largest absolute Gasteiger partial charge is 0.385 e. The average Bonchev–Trinajstić information content (AvgIpc) is 2.97. The van der Waals surface area contributed by atoms with E-state index in [-0.39, 0.29) is 6.10 Å². The summed E-state index contributed by atoms with van der Waals surface area (Å²) >= 11 is 0.